The van der Waals surface area contributed by atoms with E-state index in [9.17, 15) is 0 Å². The van der Waals surface area contributed by atoms with Crippen LogP contribution in [-0.4, -0.2) is 27.2 Å². The zero-order chi connectivity index (χ0) is 15.5. The fourth-order valence-corrected chi connectivity index (χ4v) is 2.25. The summed E-state index contributed by atoms with van der Waals surface area (Å²) < 4.78 is 21.2. The molecule has 22 heavy (non-hydrogen) atoms. The standard InChI is InChI=1S/C17H17NO4/c1-11-6-15(19-2)16(20-3)7-12(11)9-18-13-4-5-14-17(8-13)22-10-21-14/h4-9H,10H2,1-3H3. The molecule has 0 saturated carbocycles. The average Bonchev–Trinajstić information content (AvgIpc) is 3.01. The van der Waals surface area contributed by atoms with Crippen LogP contribution < -0.4 is 18.9 Å². The van der Waals surface area contributed by atoms with E-state index in [1.165, 1.54) is 0 Å². The molecule has 0 saturated heterocycles. The van der Waals surface area contributed by atoms with Crippen LogP contribution in [0.5, 0.6) is 23.0 Å². The number of aryl methyl sites for hydroxylation is 1. The molecule has 2 aromatic carbocycles. The van der Waals surface area contributed by atoms with E-state index in [2.05, 4.69) is 4.99 Å². The van der Waals surface area contributed by atoms with E-state index in [1.54, 1.807) is 20.4 Å². The summed E-state index contributed by atoms with van der Waals surface area (Å²) in [6, 6.07) is 9.44. The Labute approximate surface area is 129 Å². The highest BCUT2D eigenvalue weighted by atomic mass is 16.7. The van der Waals surface area contributed by atoms with Crippen molar-refractivity contribution in [1.29, 1.82) is 0 Å². The van der Waals surface area contributed by atoms with Crippen molar-refractivity contribution in [2.24, 2.45) is 4.99 Å². The summed E-state index contributed by atoms with van der Waals surface area (Å²) in [5.74, 6) is 2.86. The Morgan fingerprint density at radius 1 is 1.00 bits per heavy atom. The summed E-state index contributed by atoms with van der Waals surface area (Å²) in [6.07, 6.45) is 1.80. The SMILES string of the molecule is COc1cc(C)c(C=Nc2ccc3c(c2)OCO3)cc1OC. The molecule has 0 atom stereocenters. The van der Waals surface area contributed by atoms with Gasteiger partial charge in [0.25, 0.3) is 0 Å². The Morgan fingerprint density at radius 2 is 1.73 bits per heavy atom. The third-order valence-corrected chi connectivity index (χ3v) is 3.48. The third-order valence-electron chi connectivity index (χ3n) is 3.48. The lowest BCUT2D eigenvalue weighted by Crippen LogP contribution is -1.95. The Balaban J connectivity index is 1.89. The van der Waals surface area contributed by atoms with Gasteiger partial charge in [0, 0.05) is 12.3 Å². The van der Waals surface area contributed by atoms with Crippen LogP contribution in [0.25, 0.3) is 0 Å². The number of hydrogen-bond acceptors (Lipinski definition) is 5. The smallest absolute Gasteiger partial charge is 0.231 e. The zero-order valence-electron chi connectivity index (χ0n) is 12.8. The summed E-state index contributed by atoms with van der Waals surface area (Å²) in [6.45, 7) is 2.26. The first kappa shape index (κ1) is 14.3. The average molecular weight is 299 g/mol. The lowest BCUT2D eigenvalue weighted by Gasteiger charge is -2.10. The number of fused-ring (bicyclic) bond motifs is 1. The van der Waals surface area contributed by atoms with E-state index in [0.29, 0.717) is 11.5 Å². The van der Waals surface area contributed by atoms with Crippen LogP contribution in [0.3, 0.4) is 0 Å². The molecule has 114 valence electrons. The van der Waals surface area contributed by atoms with Crippen molar-refractivity contribution < 1.29 is 18.9 Å². The molecule has 0 aromatic heterocycles. The highest BCUT2D eigenvalue weighted by molar-refractivity contribution is 5.85. The lowest BCUT2D eigenvalue weighted by atomic mass is 10.1. The van der Waals surface area contributed by atoms with E-state index < -0.39 is 0 Å². The molecule has 0 aliphatic carbocycles. The maximum atomic E-state index is 5.35. The molecular formula is C17H17NO4. The maximum Gasteiger partial charge on any atom is 0.231 e. The normalized spacial score (nSPS) is 12.7. The molecule has 0 amide bonds. The largest absolute Gasteiger partial charge is 0.493 e. The summed E-state index contributed by atoms with van der Waals surface area (Å²) >= 11 is 0. The molecule has 1 heterocycles. The molecule has 0 unspecified atom stereocenters. The number of nitrogens with zero attached hydrogens (tertiary/aromatic N) is 1. The summed E-state index contributed by atoms with van der Waals surface area (Å²) in [7, 11) is 3.24. The second-order valence-electron chi connectivity index (χ2n) is 4.86. The highest BCUT2D eigenvalue weighted by Crippen LogP contribution is 2.35. The summed E-state index contributed by atoms with van der Waals surface area (Å²) in [5.41, 5.74) is 2.83. The first-order chi connectivity index (χ1) is 10.7. The first-order valence-electron chi connectivity index (χ1n) is 6.87. The number of benzene rings is 2. The van der Waals surface area contributed by atoms with Crippen LogP contribution in [0.1, 0.15) is 11.1 Å². The number of methoxy groups -OCH3 is 2. The van der Waals surface area contributed by atoms with Crippen molar-refractivity contribution in [3.05, 3.63) is 41.5 Å². The number of ether oxygens (including phenoxy) is 4. The second-order valence-corrected chi connectivity index (χ2v) is 4.86. The van der Waals surface area contributed by atoms with E-state index in [-0.39, 0.29) is 6.79 Å². The Kier molecular flexibility index (Phi) is 3.87. The van der Waals surface area contributed by atoms with Crippen molar-refractivity contribution in [3.63, 3.8) is 0 Å². The third kappa shape index (κ3) is 2.70. The fourth-order valence-electron chi connectivity index (χ4n) is 2.25. The maximum absolute atomic E-state index is 5.35. The monoisotopic (exact) mass is 299 g/mol. The minimum absolute atomic E-state index is 0.261. The zero-order valence-corrected chi connectivity index (χ0v) is 12.8. The van der Waals surface area contributed by atoms with Gasteiger partial charge in [0.05, 0.1) is 19.9 Å². The Bertz CT molecular complexity index is 725. The van der Waals surface area contributed by atoms with Crippen molar-refractivity contribution in [3.8, 4) is 23.0 Å². The van der Waals surface area contributed by atoms with Gasteiger partial charge in [0.15, 0.2) is 23.0 Å². The molecule has 1 aliphatic heterocycles. The molecule has 5 nitrogen and oxygen atoms in total. The molecule has 5 heteroatoms. The second kappa shape index (κ2) is 5.97. The lowest BCUT2D eigenvalue weighted by molar-refractivity contribution is 0.174. The highest BCUT2D eigenvalue weighted by Gasteiger charge is 2.13. The van der Waals surface area contributed by atoms with Crippen LogP contribution in [0, 0.1) is 6.92 Å². The van der Waals surface area contributed by atoms with Gasteiger partial charge in [-0.3, -0.25) is 4.99 Å². The van der Waals surface area contributed by atoms with Crippen LogP contribution in [0.4, 0.5) is 5.69 Å². The number of rotatable bonds is 4. The summed E-state index contributed by atoms with van der Waals surface area (Å²) in [4.78, 5) is 4.49. The minimum Gasteiger partial charge on any atom is -0.493 e. The number of aliphatic imine (C=N–C) groups is 1. The molecule has 3 rings (SSSR count). The Hall–Kier alpha value is -2.69. The van der Waals surface area contributed by atoms with E-state index >= 15 is 0 Å². The fraction of sp³-hybridized carbons (Fsp3) is 0.235. The Morgan fingerprint density at radius 3 is 2.50 bits per heavy atom. The van der Waals surface area contributed by atoms with Gasteiger partial charge in [-0.1, -0.05) is 0 Å². The van der Waals surface area contributed by atoms with Crippen LogP contribution in [0.15, 0.2) is 35.3 Å². The molecule has 2 aromatic rings. The van der Waals surface area contributed by atoms with Crippen molar-refractivity contribution >= 4 is 11.9 Å². The molecular weight excluding hydrogens is 282 g/mol. The van der Waals surface area contributed by atoms with E-state index in [4.69, 9.17) is 18.9 Å². The molecule has 0 radical (unpaired) electrons. The van der Waals surface area contributed by atoms with E-state index in [1.807, 2.05) is 37.3 Å². The number of hydrogen-bond donors (Lipinski definition) is 0. The van der Waals surface area contributed by atoms with Gasteiger partial charge in [-0.15, -0.1) is 0 Å². The minimum atomic E-state index is 0.261. The van der Waals surface area contributed by atoms with Crippen molar-refractivity contribution in [2.45, 2.75) is 6.92 Å². The van der Waals surface area contributed by atoms with Gasteiger partial charge in [0.1, 0.15) is 0 Å². The van der Waals surface area contributed by atoms with Crippen LogP contribution in [0.2, 0.25) is 0 Å². The van der Waals surface area contributed by atoms with Gasteiger partial charge in [-0.2, -0.15) is 0 Å². The van der Waals surface area contributed by atoms with Crippen LogP contribution >= 0.6 is 0 Å². The van der Waals surface area contributed by atoms with Gasteiger partial charge >= 0.3 is 0 Å². The van der Waals surface area contributed by atoms with Gasteiger partial charge in [-0.05, 0) is 42.3 Å². The topological polar surface area (TPSA) is 49.3 Å². The van der Waals surface area contributed by atoms with E-state index in [0.717, 1.165) is 28.3 Å². The molecule has 0 bridgehead atoms. The quantitative estimate of drug-likeness (QED) is 0.811. The molecule has 0 fully saturated rings. The van der Waals surface area contributed by atoms with Crippen molar-refractivity contribution in [1.82, 2.24) is 0 Å². The molecule has 0 N–H and O–H groups in total. The van der Waals surface area contributed by atoms with Crippen LogP contribution in [-0.2, 0) is 0 Å². The predicted octanol–water partition coefficient (Wildman–Crippen LogP) is 3.49. The predicted molar refractivity (Wildman–Crippen MR) is 84.1 cm³/mol. The van der Waals surface area contributed by atoms with Gasteiger partial charge in [-0.25, -0.2) is 0 Å². The van der Waals surface area contributed by atoms with Gasteiger partial charge in [0.2, 0.25) is 6.79 Å². The molecule has 0 spiro atoms. The molecule has 1 aliphatic rings. The first-order valence-corrected chi connectivity index (χ1v) is 6.87. The van der Waals surface area contributed by atoms with Crippen molar-refractivity contribution in [2.75, 3.05) is 21.0 Å². The van der Waals surface area contributed by atoms with Gasteiger partial charge < -0.3 is 18.9 Å². The summed E-state index contributed by atoms with van der Waals surface area (Å²) in [5, 5.41) is 0.